The Labute approximate surface area is 74.8 Å². The second-order valence-electron chi connectivity index (χ2n) is 3.72. The van der Waals surface area contributed by atoms with E-state index < -0.39 is 0 Å². The Morgan fingerprint density at radius 2 is 2.08 bits per heavy atom. The first-order chi connectivity index (χ1) is 5.77. The predicted octanol–water partition coefficient (Wildman–Crippen LogP) is -0.0915. The van der Waals surface area contributed by atoms with Gasteiger partial charge in [-0.15, -0.1) is 0 Å². The van der Waals surface area contributed by atoms with Gasteiger partial charge >= 0.3 is 0 Å². The molecule has 0 spiro atoms. The number of rotatable bonds is 2. The number of aliphatic hydroxyl groups is 1. The van der Waals surface area contributed by atoms with Gasteiger partial charge in [0.1, 0.15) is 0 Å². The van der Waals surface area contributed by atoms with Gasteiger partial charge in [0.2, 0.25) is 0 Å². The summed E-state index contributed by atoms with van der Waals surface area (Å²) in [7, 11) is 4.13. The molecule has 0 aromatic carbocycles. The van der Waals surface area contributed by atoms with Crippen LogP contribution in [0.1, 0.15) is 12.8 Å². The van der Waals surface area contributed by atoms with Crippen LogP contribution in [-0.4, -0.2) is 49.8 Å². The van der Waals surface area contributed by atoms with E-state index in [-0.39, 0.29) is 0 Å². The summed E-state index contributed by atoms with van der Waals surface area (Å²) in [6, 6.07) is 0.500. The normalized spacial score (nSPS) is 33.2. The average molecular weight is 172 g/mol. The van der Waals surface area contributed by atoms with E-state index in [4.69, 9.17) is 5.11 Å². The third kappa shape index (κ3) is 2.44. The number of nitrogens with zero attached hydrogens (tertiary/aromatic N) is 1. The van der Waals surface area contributed by atoms with Crippen LogP contribution in [0.4, 0.5) is 0 Å². The van der Waals surface area contributed by atoms with Crippen LogP contribution >= 0.6 is 0 Å². The van der Waals surface area contributed by atoms with Gasteiger partial charge in [0.15, 0.2) is 0 Å². The maximum absolute atomic E-state index is 9.15. The Kier molecular flexibility index (Phi) is 3.98. The molecule has 1 rings (SSSR count). The molecule has 2 unspecified atom stereocenters. The van der Waals surface area contributed by atoms with Crippen LogP contribution in [0.2, 0.25) is 0 Å². The Morgan fingerprint density at radius 1 is 1.42 bits per heavy atom. The highest BCUT2D eigenvalue weighted by Crippen LogP contribution is 2.16. The lowest BCUT2D eigenvalue weighted by atomic mass is 9.96. The van der Waals surface area contributed by atoms with Crippen LogP contribution < -0.4 is 5.32 Å². The molecule has 2 atom stereocenters. The fourth-order valence-corrected chi connectivity index (χ4v) is 1.89. The second-order valence-corrected chi connectivity index (χ2v) is 3.72. The highest BCUT2D eigenvalue weighted by Gasteiger charge is 2.22. The third-order valence-corrected chi connectivity index (χ3v) is 2.88. The summed E-state index contributed by atoms with van der Waals surface area (Å²) in [6.45, 7) is 2.57. The monoisotopic (exact) mass is 172 g/mol. The number of hydrogen-bond donors (Lipinski definition) is 2. The van der Waals surface area contributed by atoms with Gasteiger partial charge in [-0.25, -0.2) is 0 Å². The molecule has 1 fully saturated rings. The number of nitrogens with one attached hydrogen (secondary N) is 1. The molecule has 0 aromatic rings. The Morgan fingerprint density at radius 3 is 2.67 bits per heavy atom. The fourth-order valence-electron chi connectivity index (χ4n) is 1.89. The molecule has 0 aromatic heterocycles. The lowest BCUT2D eigenvalue weighted by Gasteiger charge is -2.21. The molecule has 1 heterocycles. The number of likely N-dealkylation sites (tertiary alicyclic amines) is 1. The van der Waals surface area contributed by atoms with E-state index in [2.05, 4.69) is 17.3 Å². The third-order valence-electron chi connectivity index (χ3n) is 2.88. The molecule has 1 aliphatic heterocycles. The minimum atomic E-state index is 0.319. The van der Waals surface area contributed by atoms with Crippen molar-refractivity contribution in [2.45, 2.75) is 18.9 Å². The van der Waals surface area contributed by atoms with Crippen molar-refractivity contribution in [3.05, 3.63) is 0 Å². The summed E-state index contributed by atoms with van der Waals surface area (Å²) in [4.78, 5) is 2.33. The largest absolute Gasteiger partial charge is 0.396 e. The molecule has 12 heavy (non-hydrogen) atoms. The SMILES string of the molecule is CNC1CCN(C)CCC1CO. The fraction of sp³-hybridized carbons (Fsp3) is 1.00. The molecule has 1 aliphatic rings. The average Bonchev–Trinajstić information content (AvgIpc) is 2.27. The summed E-state index contributed by atoms with van der Waals surface area (Å²) in [5.74, 6) is 0.444. The smallest absolute Gasteiger partial charge is 0.0474 e. The van der Waals surface area contributed by atoms with E-state index in [9.17, 15) is 0 Å². The van der Waals surface area contributed by atoms with E-state index in [1.807, 2.05) is 7.05 Å². The minimum absolute atomic E-state index is 0.319. The molecular formula is C9H20N2O. The van der Waals surface area contributed by atoms with Gasteiger partial charge in [-0.05, 0) is 45.9 Å². The summed E-state index contributed by atoms with van der Waals surface area (Å²) >= 11 is 0. The zero-order chi connectivity index (χ0) is 8.97. The van der Waals surface area contributed by atoms with Gasteiger partial charge in [0.25, 0.3) is 0 Å². The minimum Gasteiger partial charge on any atom is -0.396 e. The van der Waals surface area contributed by atoms with Gasteiger partial charge in [-0.1, -0.05) is 0 Å². The molecule has 0 saturated carbocycles. The van der Waals surface area contributed by atoms with Crippen molar-refractivity contribution in [1.82, 2.24) is 10.2 Å². The molecule has 0 radical (unpaired) electrons. The van der Waals surface area contributed by atoms with Crippen molar-refractivity contribution in [2.24, 2.45) is 5.92 Å². The standard InChI is InChI=1S/C9H20N2O/c1-10-9-4-6-11(2)5-3-8(9)7-12/h8-10,12H,3-7H2,1-2H3. The van der Waals surface area contributed by atoms with E-state index >= 15 is 0 Å². The van der Waals surface area contributed by atoms with Crippen LogP contribution in [0.3, 0.4) is 0 Å². The van der Waals surface area contributed by atoms with Crippen molar-refractivity contribution in [3.63, 3.8) is 0 Å². The molecule has 0 amide bonds. The predicted molar refractivity (Wildman–Crippen MR) is 50.2 cm³/mol. The Hall–Kier alpha value is -0.120. The lowest BCUT2D eigenvalue weighted by molar-refractivity contribution is 0.187. The molecule has 0 aliphatic carbocycles. The van der Waals surface area contributed by atoms with Crippen molar-refractivity contribution < 1.29 is 5.11 Å². The molecule has 3 heteroatoms. The first-order valence-electron chi connectivity index (χ1n) is 4.74. The summed E-state index contributed by atoms with van der Waals surface area (Å²) in [5.41, 5.74) is 0. The van der Waals surface area contributed by atoms with E-state index in [1.165, 1.54) is 0 Å². The van der Waals surface area contributed by atoms with Gasteiger partial charge in [0.05, 0.1) is 0 Å². The van der Waals surface area contributed by atoms with Gasteiger partial charge < -0.3 is 15.3 Å². The van der Waals surface area contributed by atoms with Crippen LogP contribution in [0.25, 0.3) is 0 Å². The molecule has 3 nitrogen and oxygen atoms in total. The second kappa shape index (κ2) is 4.80. The summed E-state index contributed by atoms with van der Waals surface area (Å²) in [6.07, 6.45) is 2.26. The highest BCUT2D eigenvalue weighted by atomic mass is 16.3. The number of aliphatic hydroxyl groups excluding tert-OH is 1. The van der Waals surface area contributed by atoms with Gasteiger partial charge in [-0.3, -0.25) is 0 Å². The van der Waals surface area contributed by atoms with Crippen LogP contribution in [0, 0.1) is 5.92 Å². The highest BCUT2D eigenvalue weighted by molar-refractivity contribution is 4.79. The maximum atomic E-state index is 9.15. The first-order valence-corrected chi connectivity index (χ1v) is 4.74. The summed E-state index contributed by atoms with van der Waals surface area (Å²) < 4.78 is 0. The van der Waals surface area contributed by atoms with E-state index in [0.29, 0.717) is 18.6 Å². The zero-order valence-electron chi connectivity index (χ0n) is 8.08. The topological polar surface area (TPSA) is 35.5 Å². The first kappa shape index (κ1) is 9.96. The van der Waals surface area contributed by atoms with Crippen LogP contribution in [0.5, 0.6) is 0 Å². The maximum Gasteiger partial charge on any atom is 0.0474 e. The quantitative estimate of drug-likeness (QED) is 0.611. The molecule has 1 saturated heterocycles. The van der Waals surface area contributed by atoms with Crippen molar-refractivity contribution in [2.75, 3.05) is 33.8 Å². The zero-order valence-corrected chi connectivity index (χ0v) is 8.08. The van der Waals surface area contributed by atoms with Gasteiger partial charge in [0, 0.05) is 12.6 Å². The Balaban J connectivity index is 2.47. The van der Waals surface area contributed by atoms with E-state index in [1.54, 1.807) is 0 Å². The van der Waals surface area contributed by atoms with Crippen molar-refractivity contribution in [1.29, 1.82) is 0 Å². The van der Waals surface area contributed by atoms with Crippen molar-refractivity contribution in [3.8, 4) is 0 Å². The molecular weight excluding hydrogens is 152 g/mol. The van der Waals surface area contributed by atoms with Gasteiger partial charge in [-0.2, -0.15) is 0 Å². The number of hydrogen-bond acceptors (Lipinski definition) is 3. The van der Waals surface area contributed by atoms with E-state index in [0.717, 1.165) is 25.9 Å². The summed E-state index contributed by atoms with van der Waals surface area (Å²) in [5, 5.41) is 12.4. The van der Waals surface area contributed by atoms with Crippen LogP contribution in [-0.2, 0) is 0 Å². The molecule has 72 valence electrons. The van der Waals surface area contributed by atoms with Crippen LogP contribution in [0.15, 0.2) is 0 Å². The molecule has 2 N–H and O–H groups in total. The lowest BCUT2D eigenvalue weighted by Crippen LogP contribution is -2.35. The molecule has 0 bridgehead atoms. The van der Waals surface area contributed by atoms with Crippen molar-refractivity contribution >= 4 is 0 Å². The Bertz CT molecular complexity index is 116.